The summed E-state index contributed by atoms with van der Waals surface area (Å²) in [6.45, 7) is 7.63. The van der Waals surface area contributed by atoms with Gasteiger partial charge >= 0.3 is 5.97 Å². The van der Waals surface area contributed by atoms with E-state index >= 15 is 0 Å². The van der Waals surface area contributed by atoms with Crippen molar-refractivity contribution in [1.82, 2.24) is 15.1 Å². The van der Waals surface area contributed by atoms with Gasteiger partial charge in [0.1, 0.15) is 0 Å². The van der Waals surface area contributed by atoms with Crippen LogP contribution in [0.1, 0.15) is 66.9 Å². The van der Waals surface area contributed by atoms with Crippen LogP contribution in [0, 0.1) is 0 Å². The Hall–Kier alpha value is -3.16. The van der Waals surface area contributed by atoms with Gasteiger partial charge in [-0.15, -0.1) is 0 Å². The summed E-state index contributed by atoms with van der Waals surface area (Å²) >= 11 is 6.45. The van der Waals surface area contributed by atoms with Gasteiger partial charge in [0, 0.05) is 41.7 Å². The molecule has 1 saturated heterocycles. The van der Waals surface area contributed by atoms with Crippen LogP contribution < -0.4 is 5.32 Å². The van der Waals surface area contributed by atoms with Crippen LogP contribution in [-0.2, 0) is 20.9 Å². The van der Waals surface area contributed by atoms with Crippen molar-refractivity contribution in [1.29, 1.82) is 0 Å². The molecule has 0 radical (unpaired) electrons. The minimum atomic E-state index is -0.483. The molecule has 38 heavy (non-hydrogen) atoms. The van der Waals surface area contributed by atoms with Gasteiger partial charge in [-0.3, -0.25) is 9.59 Å². The number of piperidine rings is 1. The summed E-state index contributed by atoms with van der Waals surface area (Å²) in [5, 5.41) is 3.52. The van der Waals surface area contributed by atoms with E-state index < -0.39 is 11.9 Å². The third-order valence-electron chi connectivity index (χ3n) is 7.29. The van der Waals surface area contributed by atoms with Gasteiger partial charge in [0.15, 0.2) is 0 Å². The van der Waals surface area contributed by atoms with Crippen LogP contribution in [-0.4, -0.2) is 60.4 Å². The van der Waals surface area contributed by atoms with Crippen molar-refractivity contribution >= 4 is 29.4 Å². The number of nitrogens with zero attached hydrogens (tertiary/aromatic N) is 2. The molecule has 1 atom stereocenters. The van der Waals surface area contributed by atoms with Crippen LogP contribution >= 0.6 is 11.6 Å². The normalized spacial score (nSPS) is 18.4. The number of hydrogen-bond donors (Lipinski definition) is 1. The molecule has 202 valence electrons. The zero-order valence-electron chi connectivity index (χ0n) is 22.2. The summed E-state index contributed by atoms with van der Waals surface area (Å²) in [6, 6.07) is 14.6. The molecule has 0 bridgehead atoms. The zero-order valence-corrected chi connectivity index (χ0v) is 22.9. The number of esters is 1. The SMILES string of the molecule is CCOC(=O)C1=C(C)N(Cc2cccc(C(=O)NCCN3CCCCC3)c2)C(=O)CC1c1ccccc1Cl. The number of allylic oxidation sites excluding steroid dienone is 1. The van der Waals surface area contributed by atoms with Gasteiger partial charge < -0.3 is 19.9 Å². The largest absolute Gasteiger partial charge is 0.463 e. The number of ether oxygens (including phenoxy) is 1. The molecule has 1 fully saturated rings. The highest BCUT2D eigenvalue weighted by Gasteiger charge is 2.37. The Labute approximate surface area is 229 Å². The molecule has 2 aromatic rings. The standard InChI is InChI=1S/C30H36ClN3O4/c1-3-38-30(37)28-21(2)34(27(35)19-25(28)24-12-5-6-13-26(24)31)20-22-10-9-11-23(18-22)29(36)32-14-17-33-15-7-4-8-16-33/h5-6,9-13,18,25H,3-4,7-8,14-17,19-20H2,1-2H3,(H,32,36). The van der Waals surface area contributed by atoms with E-state index in [0.717, 1.165) is 30.8 Å². The average Bonchev–Trinajstić information content (AvgIpc) is 2.92. The topological polar surface area (TPSA) is 79.0 Å². The van der Waals surface area contributed by atoms with E-state index in [0.29, 0.717) is 28.4 Å². The maximum atomic E-state index is 13.4. The van der Waals surface area contributed by atoms with Gasteiger partial charge in [0.2, 0.25) is 5.91 Å². The van der Waals surface area contributed by atoms with E-state index in [4.69, 9.17) is 16.3 Å². The van der Waals surface area contributed by atoms with E-state index in [-0.39, 0.29) is 31.4 Å². The molecule has 0 saturated carbocycles. The minimum Gasteiger partial charge on any atom is -0.463 e. The fourth-order valence-corrected chi connectivity index (χ4v) is 5.57. The van der Waals surface area contributed by atoms with Gasteiger partial charge in [-0.25, -0.2) is 4.79 Å². The van der Waals surface area contributed by atoms with E-state index in [9.17, 15) is 14.4 Å². The first kappa shape index (κ1) is 27.9. The smallest absolute Gasteiger partial charge is 0.336 e. The number of amides is 2. The highest BCUT2D eigenvalue weighted by atomic mass is 35.5. The minimum absolute atomic E-state index is 0.103. The molecule has 2 amide bonds. The zero-order chi connectivity index (χ0) is 27.1. The maximum Gasteiger partial charge on any atom is 0.336 e. The highest BCUT2D eigenvalue weighted by molar-refractivity contribution is 6.31. The number of rotatable bonds is 9. The third-order valence-corrected chi connectivity index (χ3v) is 7.64. The van der Waals surface area contributed by atoms with Gasteiger partial charge in [0.25, 0.3) is 5.91 Å². The molecule has 0 spiro atoms. The molecular weight excluding hydrogens is 502 g/mol. The van der Waals surface area contributed by atoms with Crippen molar-refractivity contribution in [3.8, 4) is 0 Å². The Morgan fingerprint density at radius 3 is 2.58 bits per heavy atom. The van der Waals surface area contributed by atoms with Crippen molar-refractivity contribution in [3.05, 3.63) is 81.5 Å². The second kappa shape index (κ2) is 13.1. The Kier molecular flexibility index (Phi) is 9.58. The fraction of sp³-hybridized carbons (Fsp3) is 0.433. The summed E-state index contributed by atoms with van der Waals surface area (Å²) in [4.78, 5) is 43.2. The number of likely N-dealkylation sites (tertiary alicyclic amines) is 1. The molecule has 8 heteroatoms. The van der Waals surface area contributed by atoms with Gasteiger partial charge in [-0.2, -0.15) is 0 Å². The second-order valence-electron chi connectivity index (χ2n) is 9.84. The first-order valence-corrected chi connectivity index (χ1v) is 13.8. The van der Waals surface area contributed by atoms with Crippen LogP contribution in [0.4, 0.5) is 0 Å². The number of benzene rings is 2. The number of nitrogens with one attached hydrogen (secondary N) is 1. The molecule has 2 aliphatic heterocycles. The summed E-state index contributed by atoms with van der Waals surface area (Å²) in [6.07, 6.45) is 3.82. The molecule has 2 aliphatic rings. The Morgan fingerprint density at radius 2 is 1.84 bits per heavy atom. The van der Waals surface area contributed by atoms with Crippen LogP contribution in [0.2, 0.25) is 5.02 Å². The molecule has 0 aromatic heterocycles. The number of carbonyl (C=O) groups is 3. The number of hydrogen-bond acceptors (Lipinski definition) is 5. The van der Waals surface area contributed by atoms with Crippen molar-refractivity contribution in [2.45, 2.75) is 52.0 Å². The monoisotopic (exact) mass is 537 g/mol. The summed E-state index contributed by atoms with van der Waals surface area (Å²) in [5.74, 6) is -1.18. The first-order valence-electron chi connectivity index (χ1n) is 13.4. The van der Waals surface area contributed by atoms with Crippen LogP contribution in [0.25, 0.3) is 0 Å². The van der Waals surface area contributed by atoms with Crippen molar-refractivity contribution in [2.75, 3.05) is 32.8 Å². The van der Waals surface area contributed by atoms with Crippen LogP contribution in [0.15, 0.2) is 59.8 Å². The van der Waals surface area contributed by atoms with Crippen LogP contribution in [0.5, 0.6) is 0 Å². The third kappa shape index (κ3) is 6.63. The first-order chi connectivity index (χ1) is 18.4. The van der Waals surface area contributed by atoms with E-state index in [1.54, 1.807) is 36.9 Å². The predicted octanol–water partition coefficient (Wildman–Crippen LogP) is 4.91. The molecule has 0 aliphatic carbocycles. The summed E-state index contributed by atoms with van der Waals surface area (Å²) in [5.41, 5.74) is 3.06. The number of halogens is 1. The Morgan fingerprint density at radius 1 is 1.08 bits per heavy atom. The van der Waals surface area contributed by atoms with Crippen LogP contribution in [0.3, 0.4) is 0 Å². The van der Waals surface area contributed by atoms with Crippen molar-refractivity contribution in [2.24, 2.45) is 0 Å². The van der Waals surface area contributed by atoms with Gasteiger partial charge in [-0.05, 0) is 69.1 Å². The maximum absolute atomic E-state index is 13.4. The van der Waals surface area contributed by atoms with E-state index in [2.05, 4.69) is 10.2 Å². The van der Waals surface area contributed by atoms with Gasteiger partial charge in [-0.1, -0.05) is 48.4 Å². The van der Waals surface area contributed by atoms with Crippen molar-refractivity contribution < 1.29 is 19.1 Å². The molecule has 1 unspecified atom stereocenters. The second-order valence-corrected chi connectivity index (χ2v) is 10.2. The summed E-state index contributed by atoms with van der Waals surface area (Å²) in [7, 11) is 0. The quantitative estimate of drug-likeness (QED) is 0.460. The van der Waals surface area contributed by atoms with E-state index in [1.165, 1.54) is 19.3 Å². The molecule has 7 nitrogen and oxygen atoms in total. The predicted molar refractivity (Wildman–Crippen MR) is 148 cm³/mol. The highest BCUT2D eigenvalue weighted by Crippen LogP contribution is 2.40. The Bertz CT molecular complexity index is 1210. The molecular formula is C30H36ClN3O4. The Balaban J connectivity index is 1.51. The molecule has 2 aromatic carbocycles. The molecule has 4 rings (SSSR count). The molecule has 1 N–H and O–H groups in total. The molecule has 2 heterocycles. The lowest BCUT2D eigenvalue weighted by molar-refractivity contribution is -0.140. The average molecular weight is 538 g/mol. The number of carbonyl (C=O) groups excluding carboxylic acids is 3. The van der Waals surface area contributed by atoms with Gasteiger partial charge in [0.05, 0.1) is 18.7 Å². The van der Waals surface area contributed by atoms with Crippen molar-refractivity contribution in [3.63, 3.8) is 0 Å². The lowest BCUT2D eigenvalue weighted by atomic mass is 9.83. The lowest BCUT2D eigenvalue weighted by Crippen LogP contribution is -2.38. The lowest BCUT2D eigenvalue weighted by Gasteiger charge is -2.35. The fourth-order valence-electron chi connectivity index (χ4n) is 5.31. The summed E-state index contributed by atoms with van der Waals surface area (Å²) < 4.78 is 5.37. The van der Waals surface area contributed by atoms with E-state index in [1.807, 2.05) is 30.3 Å².